The quantitative estimate of drug-likeness (QED) is 0.709. The van der Waals surface area contributed by atoms with Gasteiger partial charge in [-0.3, -0.25) is 4.79 Å². The Bertz CT molecular complexity index is 433. The van der Waals surface area contributed by atoms with E-state index in [0.29, 0.717) is 18.8 Å². The summed E-state index contributed by atoms with van der Waals surface area (Å²) >= 11 is 1.36. The number of aliphatic hydroxyl groups excluding tert-OH is 1. The number of nitrogens with one attached hydrogen (secondary N) is 2. The van der Waals surface area contributed by atoms with Crippen molar-refractivity contribution in [3.8, 4) is 0 Å². The van der Waals surface area contributed by atoms with Gasteiger partial charge in [0.15, 0.2) is 0 Å². The number of β-amino-alcohol motifs (C(OH)–C–C–N with tert-alkyl or cyclic N) is 1. The minimum Gasteiger partial charge on any atom is -0.391 e. The molecule has 3 N–H and O–H groups in total. The topological polar surface area (TPSA) is 61.4 Å². The molecule has 2 atom stereocenters. The third-order valence-electron chi connectivity index (χ3n) is 3.05. The molecule has 1 saturated heterocycles. The van der Waals surface area contributed by atoms with Gasteiger partial charge in [0.2, 0.25) is 5.91 Å². The number of rotatable bonds is 5. The van der Waals surface area contributed by atoms with Crippen LogP contribution in [0.5, 0.6) is 0 Å². The maximum atomic E-state index is 12.7. The molecular formula is C13H18ClFN2O2S. The van der Waals surface area contributed by atoms with Crippen molar-refractivity contribution in [2.24, 2.45) is 5.92 Å². The zero-order valence-electron chi connectivity index (χ0n) is 10.8. The summed E-state index contributed by atoms with van der Waals surface area (Å²) in [4.78, 5) is 12.5. The van der Waals surface area contributed by atoms with Gasteiger partial charge in [-0.1, -0.05) is 0 Å². The molecule has 0 aromatic heterocycles. The zero-order chi connectivity index (χ0) is 13.7. The molecular weight excluding hydrogens is 303 g/mol. The van der Waals surface area contributed by atoms with E-state index in [4.69, 9.17) is 0 Å². The molecule has 0 bridgehead atoms. The molecule has 1 amide bonds. The van der Waals surface area contributed by atoms with E-state index < -0.39 is 0 Å². The Kier molecular flexibility index (Phi) is 7.29. The molecule has 0 saturated carbocycles. The van der Waals surface area contributed by atoms with Gasteiger partial charge in [-0.05, 0) is 24.3 Å². The second-order valence-electron chi connectivity index (χ2n) is 4.53. The number of carbonyl (C=O) groups excluding carboxylic acids is 1. The fourth-order valence-corrected chi connectivity index (χ4v) is 2.63. The molecule has 7 heteroatoms. The highest BCUT2D eigenvalue weighted by Gasteiger charge is 2.24. The van der Waals surface area contributed by atoms with Crippen LogP contribution in [-0.4, -0.2) is 42.5 Å². The average molecular weight is 321 g/mol. The normalized spacial score (nSPS) is 21.3. The monoisotopic (exact) mass is 320 g/mol. The van der Waals surface area contributed by atoms with E-state index in [-0.39, 0.29) is 36.2 Å². The molecule has 1 aromatic carbocycles. The lowest BCUT2D eigenvalue weighted by Gasteiger charge is -2.13. The summed E-state index contributed by atoms with van der Waals surface area (Å²) < 4.78 is 12.7. The summed E-state index contributed by atoms with van der Waals surface area (Å²) in [5.41, 5.74) is 0. The fraction of sp³-hybridized carbons (Fsp3) is 0.462. The SMILES string of the molecule is Cl.O=C(CSc1ccc(F)cc1)NCC1CNCC1O. The van der Waals surface area contributed by atoms with Crippen molar-refractivity contribution in [2.45, 2.75) is 11.0 Å². The van der Waals surface area contributed by atoms with Crippen LogP contribution in [0.15, 0.2) is 29.2 Å². The van der Waals surface area contributed by atoms with Crippen LogP contribution in [0.25, 0.3) is 0 Å². The zero-order valence-corrected chi connectivity index (χ0v) is 12.5. The molecule has 1 aliphatic heterocycles. The van der Waals surface area contributed by atoms with Gasteiger partial charge in [0.1, 0.15) is 5.82 Å². The van der Waals surface area contributed by atoms with Crippen LogP contribution in [0.3, 0.4) is 0 Å². The van der Waals surface area contributed by atoms with E-state index in [1.165, 1.54) is 23.9 Å². The Morgan fingerprint density at radius 3 is 2.70 bits per heavy atom. The van der Waals surface area contributed by atoms with Gasteiger partial charge in [0.25, 0.3) is 0 Å². The van der Waals surface area contributed by atoms with Crippen molar-refractivity contribution in [2.75, 3.05) is 25.4 Å². The molecule has 20 heavy (non-hydrogen) atoms. The lowest BCUT2D eigenvalue weighted by molar-refractivity contribution is -0.118. The van der Waals surface area contributed by atoms with Gasteiger partial charge < -0.3 is 15.7 Å². The van der Waals surface area contributed by atoms with E-state index in [1.54, 1.807) is 12.1 Å². The van der Waals surface area contributed by atoms with Crippen molar-refractivity contribution < 1.29 is 14.3 Å². The molecule has 0 aliphatic carbocycles. The van der Waals surface area contributed by atoms with E-state index in [2.05, 4.69) is 10.6 Å². The average Bonchev–Trinajstić information content (AvgIpc) is 2.81. The summed E-state index contributed by atoms with van der Waals surface area (Å²) in [6.45, 7) is 1.80. The van der Waals surface area contributed by atoms with Gasteiger partial charge in [-0.2, -0.15) is 0 Å². The third-order valence-corrected chi connectivity index (χ3v) is 4.06. The first-order valence-electron chi connectivity index (χ1n) is 6.19. The number of carbonyl (C=O) groups is 1. The maximum Gasteiger partial charge on any atom is 0.230 e. The van der Waals surface area contributed by atoms with Crippen molar-refractivity contribution in [3.05, 3.63) is 30.1 Å². The van der Waals surface area contributed by atoms with E-state index >= 15 is 0 Å². The summed E-state index contributed by atoms with van der Waals surface area (Å²) in [6.07, 6.45) is -0.384. The highest BCUT2D eigenvalue weighted by atomic mass is 35.5. The van der Waals surface area contributed by atoms with Crippen LogP contribution in [0.2, 0.25) is 0 Å². The van der Waals surface area contributed by atoms with E-state index in [1.807, 2.05) is 0 Å². The highest BCUT2D eigenvalue weighted by molar-refractivity contribution is 8.00. The number of thioether (sulfide) groups is 1. The Morgan fingerprint density at radius 1 is 1.40 bits per heavy atom. The van der Waals surface area contributed by atoms with Crippen LogP contribution in [0.4, 0.5) is 4.39 Å². The molecule has 2 rings (SSSR count). The summed E-state index contributed by atoms with van der Waals surface area (Å²) in [7, 11) is 0. The lowest BCUT2D eigenvalue weighted by atomic mass is 10.1. The van der Waals surface area contributed by atoms with Crippen LogP contribution >= 0.6 is 24.2 Å². The minimum absolute atomic E-state index is 0. The van der Waals surface area contributed by atoms with Crippen molar-refractivity contribution in [3.63, 3.8) is 0 Å². The Morgan fingerprint density at radius 2 is 2.10 bits per heavy atom. The maximum absolute atomic E-state index is 12.7. The number of aliphatic hydroxyl groups is 1. The van der Waals surface area contributed by atoms with Crippen LogP contribution in [-0.2, 0) is 4.79 Å². The number of hydrogen-bond acceptors (Lipinski definition) is 4. The number of amides is 1. The molecule has 0 radical (unpaired) electrons. The highest BCUT2D eigenvalue weighted by Crippen LogP contribution is 2.17. The predicted molar refractivity (Wildman–Crippen MR) is 79.7 cm³/mol. The van der Waals surface area contributed by atoms with Crippen LogP contribution in [0, 0.1) is 11.7 Å². The second kappa shape index (κ2) is 8.46. The minimum atomic E-state index is -0.384. The lowest BCUT2D eigenvalue weighted by Crippen LogP contribution is -2.35. The third kappa shape index (κ3) is 5.28. The van der Waals surface area contributed by atoms with Crippen LogP contribution < -0.4 is 10.6 Å². The van der Waals surface area contributed by atoms with Gasteiger partial charge in [-0.15, -0.1) is 24.2 Å². The van der Waals surface area contributed by atoms with Gasteiger partial charge in [-0.25, -0.2) is 4.39 Å². The van der Waals surface area contributed by atoms with Crippen molar-refractivity contribution in [1.82, 2.24) is 10.6 Å². The first kappa shape index (κ1) is 17.2. The van der Waals surface area contributed by atoms with Gasteiger partial charge in [0, 0.05) is 30.4 Å². The van der Waals surface area contributed by atoms with Crippen molar-refractivity contribution in [1.29, 1.82) is 0 Å². The molecule has 1 aliphatic rings. The van der Waals surface area contributed by atoms with E-state index in [0.717, 1.165) is 11.4 Å². The molecule has 1 fully saturated rings. The first-order chi connectivity index (χ1) is 9.15. The number of halogens is 2. The van der Waals surface area contributed by atoms with Crippen molar-refractivity contribution >= 4 is 30.1 Å². The summed E-state index contributed by atoms with van der Waals surface area (Å²) in [6, 6.07) is 6.05. The Balaban J connectivity index is 0.00000200. The molecule has 1 aromatic rings. The second-order valence-corrected chi connectivity index (χ2v) is 5.58. The summed E-state index contributed by atoms with van der Waals surface area (Å²) in [5, 5.41) is 15.5. The summed E-state index contributed by atoms with van der Waals surface area (Å²) in [5.74, 6) is 0.0201. The number of hydrogen-bond donors (Lipinski definition) is 3. The standard InChI is InChI=1S/C13H17FN2O2S.ClH/c14-10-1-3-11(4-2-10)19-8-13(18)16-6-9-5-15-7-12(9)17;/h1-4,9,12,15,17H,5-8H2,(H,16,18);1H. The van der Waals surface area contributed by atoms with Gasteiger partial charge >= 0.3 is 0 Å². The molecule has 0 spiro atoms. The Labute approximate surface area is 127 Å². The molecule has 112 valence electrons. The first-order valence-corrected chi connectivity index (χ1v) is 7.17. The predicted octanol–water partition coefficient (Wildman–Crippen LogP) is 1.04. The molecule has 2 unspecified atom stereocenters. The smallest absolute Gasteiger partial charge is 0.230 e. The molecule has 1 heterocycles. The number of benzene rings is 1. The largest absolute Gasteiger partial charge is 0.391 e. The van der Waals surface area contributed by atoms with Crippen LogP contribution in [0.1, 0.15) is 0 Å². The van der Waals surface area contributed by atoms with Gasteiger partial charge in [0.05, 0.1) is 11.9 Å². The van der Waals surface area contributed by atoms with E-state index in [9.17, 15) is 14.3 Å². The molecule has 4 nitrogen and oxygen atoms in total. The Hall–Kier alpha value is -0.820. The fourth-order valence-electron chi connectivity index (χ4n) is 1.90.